The smallest absolute Gasteiger partial charge is 0.286 e. The Morgan fingerprint density at radius 1 is 1.19 bits per heavy atom. The number of likely N-dealkylation sites (tertiary alicyclic amines) is 1. The van der Waals surface area contributed by atoms with Gasteiger partial charge in [0, 0.05) is 19.2 Å². The highest BCUT2D eigenvalue weighted by Crippen LogP contribution is 2.33. The zero-order chi connectivity index (χ0) is 17.9. The van der Waals surface area contributed by atoms with E-state index in [0.29, 0.717) is 16.6 Å². The van der Waals surface area contributed by atoms with Crippen molar-refractivity contribution in [1.82, 2.24) is 4.90 Å². The zero-order valence-electron chi connectivity index (χ0n) is 14.9. The van der Waals surface area contributed by atoms with Gasteiger partial charge in [0.15, 0.2) is 5.17 Å². The van der Waals surface area contributed by atoms with Crippen LogP contribution in [0, 0.1) is 12.8 Å². The van der Waals surface area contributed by atoms with Gasteiger partial charge in [0.05, 0.1) is 4.91 Å². The van der Waals surface area contributed by atoms with Crippen molar-refractivity contribution in [2.75, 3.05) is 13.1 Å². The molecule has 0 N–H and O–H groups in total. The number of piperidine rings is 1. The average Bonchev–Trinajstić information content (AvgIpc) is 3.23. The number of furan rings is 1. The van der Waals surface area contributed by atoms with E-state index in [-0.39, 0.29) is 5.91 Å². The van der Waals surface area contributed by atoms with Crippen LogP contribution in [-0.4, -0.2) is 29.1 Å². The fourth-order valence-electron chi connectivity index (χ4n) is 3.47. The molecule has 0 spiro atoms. The van der Waals surface area contributed by atoms with Gasteiger partial charge in [0.25, 0.3) is 5.91 Å². The van der Waals surface area contributed by atoms with E-state index < -0.39 is 0 Å². The van der Waals surface area contributed by atoms with Gasteiger partial charge in [-0.3, -0.25) is 4.79 Å². The molecule has 134 valence electrons. The first kappa shape index (κ1) is 17.2. The summed E-state index contributed by atoms with van der Waals surface area (Å²) in [5, 5.41) is 0.836. The van der Waals surface area contributed by atoms with E-state index in [1.54, 1.807) is 6.08 Å². The number of hydrogen-bond donors (Lipinski definition) is 0. The molecule has 1 saturated heterocycles. The van der Waals surface area contributed by atoms with Crippen LogP contribution in [0.15, 0.2) is 56.8 Å². The van der Waals surface area contributed by atoms with Crippen LogP contribution >= 0.6 is 11.8 Å². The Morgan fingerprint density at radius 2 is 1.96 bits per heavy atom. The van der Waals surface area contributed by atoms with Crippen LogP contribution in [0.3, 0.4) is 0 Å². The predicted octanol–water partition coefficient (Wildman–Crippen LogP) is 4.51. The molecule has 1 aromatic carbocycles. The lowest BCUT2D eigenvalue weighted by atomic mass is 9.90. The SMILES string of the molecule is Cc1ccc(/C=C2/SC(N3CCC(Cc4ccccc4)CC3)=NC2=O)o1. The number of nitrogens with zero attached hydrogens (tertiary/aromatic N) is 2. The fourth-order valence-corrected chi connectivity index (χ4v) is 4.41. The van der Waals surface area contributed by atoms with E-state index in [1.165, 1.54) is 17.3 Å². The monoisotopic (exact) mass is 366 g/mol. The second-order valence-corrected chi connectivity index (χ2v) is 7.89. The first-order valence-corrected chi connectivity index (χ1v) is 9.87. The van der Waals surface area contributed by atoms with Crippen molar-refractivity contribution in [3.05, 3.63) is 64.5 Å². The lowest BCUT2D eigenvalue weighted by molar-refractivity contribution is -0.113. The molecule has 0 bridgehead atoms. The standard InChI is InChI=1S/C21H22N2O2S/c1-15-7-8-18(25-15)14-19-20(24)22-21(26-19)23-11-9-17(10-12-23)13-16-5-3-2-4-6-16/h2-8,14,17H,9-13H2,1H3/b19-14+. The van der Waals surface area contributed by atoms with E-state index in [0.717, 1.165) is 43.3 Å². The van der Waals surface area contributed by atoms with E-state index >= 15 is 0 Å². The molecule has 0 saturated carbocycles. The van der Waals surface area contributed by atoms with Gasteiger partial charge < -0.3 is 9.32 Å². The zero-order valence-corrected chi connectivity index (χ0v) is 15.7. The van der Waals surface area contributed by atoms with Crippen LogP contribution < -0.4 is 0 Å². The number of carbonyl (C=O) groups excluding carboxylic acids is 1. The summed E-state index contributed by atoms with van der Waals surface area (Å²) in [6, 6.07) is 14.5. The summed E-state index contributed by atoms with van der Waals surface area (Å²) < 4.78 is 5.54. The van der Waals surface area contributed by atoms with Gasteiger partial charge in [0.1, 0.15) is 11.5 Å². The Kier molecular flexibility index (Phi) is 4.98. The molecule has 4 nitrogen and oxygen atoms in total. The molecule has 1 fully saturated rings. The number of carbonyl (C=O) groups is 1. The average molecular weight is 366 g/mol. The van der Waals surface area contributed by atoms with Crippen molar-refractivity contribution in [3.8, 4) is 0 Å². The quantitative estimate of drug-likeness (QED) is 0.750. The number of aliphatic imine (C=N–C) groups is 1. The van der Waals surface area contributed by atoms with Crippen LogP contribution in [0.5, 0.6) is 0 Å². The molecule has 2 aliphatic heterocycles. The van der Waals surface area contributed by atoms with Gasteiger partial charge in [-0.2, -0.15) is 4.99 Å². The number of rotatable bonds is 3. The van der Waals surface area contributed by atoms with E-state index in [9.17, 15) is 4.79 Å². The maximum Gasteiger partial charge on any atom is 0.286 e. The largest absolute Gasteiger partial charge is 0.462 e. The Balaban J connectivity index is 1.34. The highest BCUT2D eigenvalue weighted by Gasteiger charge is 2.29. The van der Waals surface area contributed by atoms with E-state index in [1.807, 2.05) is 19.1 Å². The van der Waals surface area contributed by atoms with Crippen LogP contribution in [-0.2, 0) is 11.2 Å². The molecule has 1 amide bonds. The number of aryl methyl sites for hydroxylation is 1. The summed E-state index contributed by atoms with van der Waals surface area (Å²) in [7, 11) is 0. The molecular formula is C21H22N2O2S. The minimum atomic E-state index is -0.162. The minimum absolute atomic E-state index is 0.162. The van der Waals surface area contributed by atoms with Gasteiger partial charge in [-0.1, -0.05) is 30.3 Å². The Labute approximate surface area is 158 Å². The number of benzene rings is 1. The van der Waals surface area contributed by atoms with Crippen LogP contribution in [0.2, 0.25) is 0 Å². The molecule has 4 rings (SSSR count). The summed E-state index contributed by atoms with van der Waals surface area (Å²) in [6.07, 6.45) is 5.20. The second kappa shape index (κ2) is 7.54. The molecule has 3 heterocycles. The van der Waals surface area contributed by atoms with Crippen molar-refractivity contribution >= 4 is 28.9 Å². The number of amidine groups is 1. The van der Waals surface area contributed by atoms with Crippen LogP contribution in [0.4, 0.5) is 0 Å². The molecule has 0 unspecified atom stereocenters. The maximum absolute atomic E-state index is 12.2. The molecule has 2 aromatic rings. The second-order valence-electron chi connectivity index (χ2n) is 6.88. The molecular weight excluding hydrogens is 344 g/mol. The summed E-state index contributed by atoms with van der Waals surface area (Å²) in [4.78, 5) is 19.3. The molecule has 1 aromatic heterocycles. The van der Waals surface area contributed by atoms with Gasteiger partial charge in [-0.25, -0.2) is 0 Å². The first-order chi connectivity index (χ1) is 12.7. The number of amides is 1. The van der Waals surface area contributed by atoms with Gasteiger partial charge in [-0.05, 0) is 61.6 Å². The lowest BCUT2D eigenvalue weighted by Crippen LogP contribution is -2.37. The van der Waals surface area contributed by atoms with Gasteiger partial charge in [0.2, 0.25) is 0 Å². The topological polar surface area (TPSA) is 45.8 Å². The first-order valence-electron chi connectivity index (χ1n) is 9.05. The van der Waals surface area contributed by atoms with Crippen molar-refractivity contribution in [2.45, 2.75) is 26.2 Å². The lowest BCUT2D eigenvalue weighted by Gasteiger charge is -2.32. The van der Waals surface area contributed by atoms with Crippen molar-refractivity contribution in [2.24, 2.45) is 10.9 Å². The Morgan fingerprint density at radius 3 is 2.65 bits per heavy atom. The third-order valence-corrected chi connectivity index (χ3v) is 5.94. The normalized spacial score (nSPS) is 20.0. The van der Waals surface area contributed by atoms with Crippen LogP contribution in [0.1, 0.15) is 29.9 Å². The maximum atomic E-state index is 12.2. The Bertz CT molecular complexity index is 846. The highest BCUT2D eigenvalue weighted by molar-refractivity contribution is 8.18. The summed E-state index contributed by atoms with van der Waals surface area (Å²) in [5.74, 6) is 2.09. The van der Waals surface area contributed by atoms with Gasteiger partial charge in [-0.15, -0.1) is 0 Å². The highest BCUT2D eigenvalue weighted by atomic mass is 32.2. The summed E-state index contributed by atoms with van der Waals surface area (Å²) in [5.41, 5.74) is 1.41. The molecule has 26 heavy (non-hydrogen) atoms. The summed E-state index contributed by atoms with van der Waals surface area (Å²) >= 11 is 1.46. The van der Waals surface area contributed by atoms with E-state index in [4.69, 9.17) is 4.42 Å². The molecule has 0 aliphatic carbocycles. The fraction of sp³-hybridized carbons (Fsp3) is 0.333. The number of hydrogen-bond acceptors (Lipinski definition) is 4. The van der Waals surface area contributed by atoms with Crippen molar-refractivity contribution in [1.29, 1.82) is 0 Å². The minimum Gasteiger partial charge on any atom is -0.462 e. The van der Waals surface area contributed by atoms with E-state index in [2.05, 4.69) is 40.2 Å². The predicted molar refractivity (Wildman–Crippen MR) is 106 cm³/mol. The summed E-state index contributed by atoms with van der Waals surface area (Å²) in [6.45, 7) is 3.82. The van der Waals surface area contributed by atoms with Gasteiger partial charge >= 0.3 is 0 Å². The molecule has 0 radical (unpaired) electrons. The molecule has 0 atom stereocenters. The third kappa shape index (κ3) is 3.93. The molecule has 2 aliphatic rings. The molecule has 5 heteroatoms. The van der Waals surface area contributed by atoms with Crippen molar-refractivity contribution < 1.29 is 9.21 Å². The van der Waals surface area contributed by atoms with Crippen LogP contribution in [0.25, 0.3) is 6.08 Å². The van der Waals surface area contributed by atoms with Crippen molar-refractivity contribution in [3.63, 3.8) is 0 Å². The number of thioether (sulfide) groups is 1. The Hall–Kier alpha value is -2.27. The third-order valence-electron chi connectivity index (χ3n) is 4.90.